The highest BCUT2D eigenvalue weighted by Crippen LogP contribution is 2.16. The second-order valence-corrected chi connectivity index (χ2v) is 9.08. The van der Waals surface area contributed by atoms with Crippen LogP contribution in [0.2, 0.25) is 19.1 Å². The number of rotatable bonds is 8. The van der Waals surface area contributed by atoms with E-state index in [1.165, 1.54) is 6.42 Å². The van der Waals surface area contributed by atoms with Gasteiger partial charge in [0.1, 0.15) is 0 Å². The molecular formula is C11H23ClO2Si. The standard InChI is InChI=1S/C11H23ClO2Si/c1-4-5-10-15(2,3)14-11(13)8-6-7-9-12/h4-10H2,1-3H3. The summed E-state index contributed by atoms with van der Waals surface area (Å²) in [6.45, 7) is 6.39. The maximum absolute atomic E-state index is 11.5. The quantitative estimate of drug-likeness (QED) is 0.371. The molecule has 0 saturated carbocycles. The largest absolute Gasteiger partial charge is 0.520 e. The lowest BCUT2D eigenvalue weighted by Crippen LogP contribution is -2.33. The molecule has 0 aliphatic rings. The molecule has 0 heterocycles. The summed E-state index contributed by atoms with van der Waals surface area (Å²) in [6.07, 6.45) is 4.60. The number of unbranched alkanes of at least 4 members (excludes halogenated alkanes) is 2. The van der Waals surface area contributed by atoms with Crippen LogP contribution in [0.1, 0.15) is 39.0 Å². The average molecular weight is 251 g/mol. The SMILES string of the molecule is CCCC[Si](C)(C)OC(=O)CCCCCl. The number of alkyl halides is 1. The predicted molar refractivity (Wildman–Crippen MR) is 67.9 cm³/mol. The maximum Gasteiger partial charge on any atom is 0.292 e. The highest BCUT2D eigenvalue weighted by molar-refractivity contribution is 6.72. The first-order valence-electron chi connectivity index (χ1n) is 5.79. The van der Waals surface area contributed by atoms with E-state index in [4.69, 9.17) is 16.0 Å². The van der Waals surface area contributed by atoms with E-state index in [1.54, 1.807) is 0 Å². The molecule has 0 fully saturated rings. The molecule has 15 heavy (non-hydrogen) atoms. The van der Waals surface area contributed by atoms with Crippen LogP contribution in [0.3, 0.4) is 0 Å². The number of carbonyl (C=O) groups is 1. The maximum atomic E-state index is 11.5. The fraction of sp³-hybridized carbons (Fsp3) is 0.909. The minimum Gasteiger partial charge on any atom is -0.520 e. The normalized spacial score (nSPS) is 11.5. The highest BCUT2D eigenvalue weighted by atomic mass is 35.5. The Labute approximate surface area is 99.5 Å². The van der Waals surface area contributed by atoms with E-state index in [0.717, 1.165) is 25.3 Å². The van der Waals surface area contributed by atoms with Crippen molar-refractivity contribution < 1.29 is 9.22 Å². The van der Waals surface area contributed by atoms with Gasteiger partial charge in [0.25, 0.3) is 5.97 Å². The molecule has 0 aromatic heterocycles. The molecule has 0 aromatic carbocycles. The van der Waals surface area contributed by atoms with E-state index in [2.05, 4.69) is 20.0 Å². The van der Waals surface area contributed by atoms with Crippen molar-refractivity contribution in [2.45, 2.75) is 58.2 Å². The van der Waals surface area contributed by atoms with Gasteiger partial charge in [0.2, 0.25) is 8.32 Å². The summed E-state index contributed by atoms with van der Waals surface area (Å²) in [5.41, 5.74) is 0. The van der Waals surface area contributed by atoms with E-state index in [1.807, 2.05) is 0 Å². The molecule has 90 valence electrons. The molecule has 0 spiro atoms. The first-order valence-corrected chi connectivity index (χ1v) is 9.44. The van der Waals surface area contributed by atoms with Gasteiger partial charge in [-0.15, -0.1) is 11.6 Å². The van der Waals surface area contributed by atoms with Crippen LogP contribution in [-0.2, 0) is 9.22 Å². The minimum absolute atomic E-state index is 0.0344. The van der Waals surface area contributed by atoms with Gasteiger partial charge in [-0.3, -0.25) is 4.79 Å². The van der Waals surface area contributed by atoms with Crippen molar-refractivity contribution in [1.82, 2.24) is 0 Å². The van der Waals surface area contributed by atoms with Gasteiger partial charge in [-0.1, -0.05) is 19.8 Å². The first-order chi connectivity index (χ1) is 7.02. The van der Waals surface area contributed by atoms with Crippen LogP contribution in [0.4, 0.5) is 0 Å². The Morgan fingerprint density at radius 1 is 1.27 bits per heavy atom. The lowest BCUT2D eigenvalue weighted by Gasteiger charge is -2.22. The molecule has 0 amide bonds. The predicted octanol–water partition coefficient (Wildman–Crippen LogP) is 3.94. The first kappa shape index (κ1) is 15.0. The van der Waals surface area contributed by atoms with Crippen molar-refractivity contribution in [3.63, 3.8) is 0 Å². The molecule has 0 aromatic rings. The number of halogens is 1. The smallest absolute Gasteiger partial charge is 0.292 e. The highest BCUT2D eigenvalue weighted by Gasteiger charge is 2.25. The summed E-state index contributed by atoms with van der Waals surface area (Å²) < 4.78 is 5.54. The fourth-order valence-electron chi connectivity index (χ4n) is 1.38. The van der Waals surface area contributed by atoms with Crippen molar-refractivity contribution in [1.29, 1.82) is 0 Å². The van der Waals surface area contributed by atoms with Crippen LogP contribution in [0, 0.1) is 0 Å². The van der Waals surface area contributed by atoms with Crippen LogP contribution in [0.5, 0.6) is 0 Å². The monoisotopic (exact) mass is 250 g/mol. The third kappa shape index (κ3) is 8.94. The molecule has 0 saturated heterocycles. The number of hydrogen-bond donors (Lipinski definition) is 0. The summed E-state index contributed by atoms with van der Waals surface area (Å²) in [6, 6.07) is 1.07. The van der Waals surface area contributed by atoms with Crippen molar-refractivity contribution in [3.8, 4) is 0 Å². The van der Waals surface area contributed by atoms with E-state index >= 15 is 0 Å². The Hall–Kier alpha value is -0.0231. The molecule has 0 bridgehead atoms. The van der Waals surface area contributed by atoms with Crippen LogP contribution in [-0.4, -0.2) is 20.2 Å². The zero-order valence-electron chi connectivity index (χ0n) is 10.1. The third-order valence-corrected chi connectivity index (χ3v) is 4.89. The molecule has 0 aliphatic carbocycles. The van der Waals surface area contributed by atoms with E-state index in [9.17, 15) is 4.79 Å². The summed E-state index contributed by atoms with van der Waals surface area (Å²) in [7, 11) is -1.73. The van der Waals surface area contributed by atoms with Gasteiger partial charge < -0.3 is 4.43 Å². The van der Waals surface area contributed by atoms with Crippen LogP contribution in [0.25, 0.3) is 0 Å². The molecule has 4 heteroatoms. The van der Waals surface area contributed by atoms with E-state index in [-0.39, 0.29) is 5.97 Å². The van der Waals surface area contributed by atoms with Gasteiger partial charge in [0.15, 0.2) is 0 Å². The zero-order chi connectivity index (χ0) is 11.7. The topological polar surface area (TPSA) is 26.3 Å². The van der Waals surface area contributed by atoms with E-state index < -0.39 is 8.32 Å². The molecule has 0 aliphatic heterocycles. The summed E-state index contributed by atoms with van der Waals surface area (Å²) in [5.74, 6) is 0.595. The zero-order valence-corrected chi connectivity index (χ0v) is 11.9. The Balaban J connectivity index is 3.72. The van der Waals surface area contributed by atoms with Crippen LogP contribution < -0.4 is 0 Å². The van der Waals surface area contributed by atoms with Crippen LogP contribution in [0.15, 0.2) is 0 Å². The Kier molecular flexibility index (Phi) is 8.15. The fourth-order valence-corrected chi connectivity index (χ4v) is 3.59. The number of carbonyl (C=O) groups excluding carboxylic acids is 1. The third-order valence-electron chi connectivity index (χ3n) is 2.29. The van der Waals surface area contributed by atoms with Gasteiger partial charge in [0.05, 0.1) is 0 Å². The van der Waals surface area contributed by atoms with Crippen molar-refractivity contribution >= 4 is 25.9 Å². The molecule has 0 N–H and O–H groups in total. The van der Waals surface area contributed by atoms with Gasteiger partial charge in [0, 0.05) is 12.3 Å². The Morgan fingerprint density at radius 2 is 1.93 bits per heavy atom. The Morgan fingerprint density at radius 3 is 2.47 bits per heavy atom. The average Bonchev–Trinajstić information content (AvgIpc) is 2.14. The van der Waals surface area contributed by atoms with Crippen molar-refractivity contribution in [3.05, 3.63) is 0 Å². The molecule has 2 nitrogen and oxygen atoms in total. The minimum atomic E-state index is -1.73. The van der Waals surface area contributed by atoms with Gasteiger partial charge in [-0.05, 0) is 32.0 Å². The molecule has 0 rings (SSSR count). The molecular weight excluding hydrogens is 228 g/mol. The second kappa shape index (κ2) is 8.17. The van der Waals surface area contributed by atoms with Gasteiger partial charge in [-0.2, -0.15) is 0 Å². The number of hydrogen-bond acceptors (Lipinski definition) is 2. The lowest BCUT2D eigenvalue weighted by atomic mass is 10.3. The molecule has 0 unspecified atom stereocenters. The summed E-state index contributed by atoms with van der Waals surface area (Å²) in [5, 5.41) is 0. The Bertz CT molecular complexity index is 183. The van der Waals surface area contributed by atoms with Crippen molar-refractivity contribution in [2.75, 3.05) is 5.88 Å². The van der Waals surface area contributed by atoms with Gasteiger partial charge in [-0.25, -0.2) is 0 Å². The second-order valence-electron chi connectivity index (χ2n) is 4.48. The summed E-state index contributed by atoms with van der Waals surface area (Å²) in [4.78, 5) is 11.5. The van der Waals surface area contributed by atoms with Crippen LogP contribution >= 0.6 is 11.6 Å². The van der Waals surface area contributed by atoms with E-state index in [0.29, 0.717) is 12.3 Å². The van der Waals surface area contributed by atoms with Gasteiger partial charge >= 0.3 is 0 Å². The lowest BCUT2D eigenvalue weighted by molar-refractivity contribution is -0.135. The molecule has 0 atom stereocenters. The summed E-state index contributed by atoms with van der Waals surface area (Å²) >= 11 is 5.54. The van der Waals surface area contributed by atoms with Crippen molar-refractivity contribution in [2.24, 2.45) is 0 Å². The molecule has 0 radical (unpaired) electrons.